The first-order valence-corrected chi connectivity index (χ1v) is 7.22. The summed E-state index contributed by atoms with van der Waals surface area (Å²) in [5.74, 6) is 6.28. The minimum Gasteiger partial charge on any atom is -0.484 e. The zero-order valence-corrected chi connectivity index (χ0v) is 13.0. The van der Waals surface area contributed by atoms with E-state index >= 15 is 0 Å². The summed E-state index contributed by atoms with van der Waals surface area (Å²) in [5, 5.41) is 3.32. The van der Waals surface area contributed by atoms with Gasteiger partial charge in [0.15, 0.2) is 6.61 Å². The van der Waals surface area contributed by atoms with Crippen LogP contribution in [0.5, 0.6) is 5.75 Å². The standard InChI is InChI=1S/C18H16ClNO2/c1-14-5-2-9-17(11-14)22-13-18(21)20-10-4-7-15-6-3-8-16(19)12-15/h2-3,5-6,8-9,11-12H,10,13H2,1H3,(H,20,21). The largest absolute Gasteiger partial charge is 0.484 e. The molecule has 0 aromatic heterocycles. The number of halogens is 1. The van der Waals surface area contributed by atoms with E-state index < -0.39 is 0 Å². The van der Waals surface area contributed by atoms with Crippen LogP contribution in [0.3, 0.4) is 0 Å². The number of amides is 1. The maximum atomic E-state index is 11.6. The van der Waals surface area contributed by atoms with Crippen LogP contribution in [0, 0.1) is 18.8 Å². The molecule has 0 bridgehead atoms. The lowest BCUT2D eigenvalue weighted by molar-refractivity contribution is -0.122. The van der Waals surface area contributed by atoms with E-state index in [2.05, 4.69) is 17.2 Å². The van der Waals surface area contributed by atoms with Gasteiger partial charge in [0.1, 0.15) is 5.75 Å². The molecule has 0 aliphatic heterocycles. The highest BCUT2D eigenvalue weighted by atomic mass is 35.5. The summed E-state index contributed by atoms with van der Waals surface area (Å²) < 4.78 is 5.40. The summed E-state index contributed by atoms with van der Waals surface area (Å²) >= 11 is 5.86. The van der Waals surface area contributed by atoms with Gasteiger partial charge >= 0.3 is 0 Å². The number of hydrogen-bond acceptors (Lipinski definition) is 2. The lowest BCUT2D eigenvalue weighted by Gasteiger charge is -2.06. The highest BCUT2D eigenvalue weighted by Gasteiger charge is 2.01. The maximum Gasteiger partial charge on any atom is 0.258 e. The molecule has 2 aromatic rings. The van der Waals surface area contributed by atoms with Crippen LogP contribution in [0.1, 0.15) is 11.1 Å². The molecule has 0 spiro atoms. The fourth-order valence-electron chi connectivity index (χ4n) is 1.76. The fourth-order valence-corrected chi connectivity index (χ4v) is 1.95. The third-order valence-electron chi connectivity index (χ3n) is 2.79. The number of ether oxygens (including phenoxy) is 1. The molecule has 0 fully saturated rings. The number of carbonyl (C=O) groups is 1. The van der Waals surface area contributed by atoms with E-state index in [1.165, 1.54) is 0 Å². The van der Waals surface area contributed by atoms with Gasteiger partial charge in [0.25, 0.3) is 5.91 Å². The van der Waals surface area contributed by atoms with Crippen molar-refractivity contribution < 1.29 is 9.53 Å². The van der Waals surface area contributed by atoms with Crippen molar-refractivity contribution in [2.75, 3.05) is 13.2 Å². The third-order valence-corrected chi connectivity index (χ3v) is 3.03. The second-order valence-corrected chi connectivity index (χ2v) is 5.13. The number of hydrogen-bond donors (Lipinski definition) is 1. The monoisotopic (exact) mass is 313 g/mol. The van der Waals surface area contributed by atoms with Crippen LogP contribution in [-0.2, 0) is 4.79 Å². The summed E-state index contributed by atoms with van der Waals surface area (Å²) in [6, 6.07) is 14.8. The van der Waals surface area contributed by atoms with Crippen LogP contribution >= 0.6 is 11.6 Å². The molecule has 0 heterocycles. The SMILES string of the molecule is Cc1cccc(OCC(=O)NCC#Cc2cccc(Cl)c2)c1. The second-order valence-electron chi connectivity index (χ2n) is 4.69. The topological polar surface area (TPSA) is 38.3 Å². The Bertz CT molecular complexity index is 716. The molecule has 2 aromatic carbocycles. The predicted molar refractivity (Wildman–Crippen MR) is 88.0 cm³/mol. The maximum absolute atomic E-state index is 11.6. The van der Waals surface area contributed by atoms with Gasteiger partial charge in [-0.3, -0.25) is 4.79 Å². The van der Waals surface area contributed by atoms with Crippen molar-refractivity contribution in [1.29, 1.82) is 0 Å². The molecule has 0 unspecified atom stereocenters. The highest BCUT2D eigenvalue weighted by Crippen LogP contribution is 2.12. The molecule has 112 valence electrons. The van der Waals surface area contributed by atoms with Crippen LogP contribution < -0.4 is 10.1 Å². The van der Waals surface area contributed by atoms with Crippen molar-refractivity contribution in [2.45, 2.75) is 6.92 Å². The molecule has 0 aliphatic carbocycles. The lowest BCUT2D eigenvalue weighted by Crippen LogP contribution is -2.29. The van der Waals surface area contributed by atoms with Gasteiger partial charge in [0.2, 0.25) is 0 Å². The van der Waals surface area contributed by atoms with E-state index in [1.54, 1.807) is 12.1 Å². The van der Waals surface area contributed by atoms with Crippen LogP contribution in [0.4, 0.5) is 0 Å². The molecule has 22 heavy (non-hydrogen) atoms. The van der Waals surface area contributed by atoms with Crippen molar-refractivity contribution in [3.8, 4) is 17.6 Å². The minimum atomic E-state index is -0.207. The molecule has 0 radical (unpaired) electrons. The Hall–Kier alpha value is -2.44. The molecular formula is C18H16ClNO2. The Morgan fingerprint density at radius 1 is 1.23 bits per heavy atom. The van der Waals surface area contributed by atoms with Gasteiger partial charge in [-0.15, -0.1) is 0 Å². The van der Waals surface area contributed by atoms with Crippen molar-refractivity contribution in [2.24, 2.45) is 0 Å². The molecule has 1 amide bonds. The minimum absolute atomic E-state index is 0.0255. The number of nitrogens with one attached hydrogen (secondary N) is 1. The summed E-state index contributed by atoms with van der Waals surface area (Å²) in [5.41, 5.74) is 1.91. The normalized spacial score (nSPS) is 9.55. The Kier molecular flexibility index (Phi) is 5.88. The van der Waals surface area contributed by atoms with E-state index in [0.29, 0.717) is 10.8 Å². The first-order valence-electron chi connectivity index (χ1n) is 6.84. The van der Waals surface area contributed by atoms with Crippen molar-refractivity contribution >= 4 is 17.5 Å². The highest BCUT2D eigenvalue weighted by molar-refractivity contribution is 6.30. The van der Waals surface area contributed by atoms with E-state index in [1.807, 2.05) is 43.3 Å². The zero-order valence-electron chi connectivity index (χ0n) is 12.2. The first-order chi connectivity index (χ1) is 10.6. The molecule has 2 rings (SSSR count). The summed E-state index contributed by atoms with van der Waals surface area (Å²) in [7, 11) is 0. The third kappa shape index (κ3) is 5.51. The van der Waals surface area contributed by atoms with Gasteiger partial charge in [-0.05, 0) is 42.8 Å². The van der Waals surface area contributed by atoms with Crippen molar-refractivity contribution in [3.05, 3.63) is 64.7 Å². The van der Waals surface area contributed by atoms with Gasteiger partial charge < -0.3 is 10.1 Å². The number of carbonyl (C=O) groups excluding carboxylic acids is 1. The van der Waals surface area contributed by atoms with Gasteiger partial charge in [0.05, 0.1) is 6.54 Å². The Morgan fingerprint density at radius 2 is 2.05 bits per heavy atom. The van der Waals surface area contributed by atoms with E-state index in [-0.39, 0.29) is 19.1 Å². The average Bonchev–Trinajstić information content (AvgIpc) is 2.50. The molecule has 0 saturated heterocycles. The van der Waals surface area contributed by atoms with E-state index in [4.69, 9.17) is 16.3 Å². The molecule has 0 aliphatic rings. The van der Waals surface area contributed by atoms with Crippen LogP contribution in [0.2, 0.25) is 5.02 Å². The Morgan fingerprint density at radius 3 is 2.82 bits per heavy atom. The summed E-state index contributed by atoms with van der Waals surface area (Å²) in [6.07, 6.45) is 0. The molecule has 0 saturated carbocycles. The van der Waals surface area contributed by atoms with Gasteiger partial charge in [-0.2, -0.15) is 0 Å². The molecular weight excluding hydrogens is 298 g/mol. The van der Waals surface area contributed by atoms with Crippen LogP contribution in [-0.4, -0.2) is 19.1 Å². The molecule has 4 heteroatoms. The number of rotatable bonds is 4. The van der Waals surface area contributed by atoms with Crippen LogP contribution in [0.25, 0.3) is 0 Å². The second kappa shape index (κ2) is 8.11. The van der Waals surface area contributed by atoms with Crippen molar-refractivity contribution in [1.82, 2.24) is 5.32 Å². The lowest BCUT2D eigenvalue weighted by atomic mass is 10.2. The molecule has 0 atom stereocenters. The Labute approximate surface area is 135 Å². The summed E-state index contributed by atoms with van der Waals surface area (Å²) in [4.78, 5) is 11.6. The predicted octanol–water partition coefficient (Wildman–Crippen LogP) is 3.20. The van der Waals surface area contributed by atoms with Crippen molar-refractivity contribution in [3.63, 3.8) is 0 Å². The fraction of sp³-hybridized carbons (Fsp3) is 0.167. The number of benzene rings is 2. The zero-order chi connectivity index (χ0) is 15.8. The van der Waals surface area contributed by atoms with Crippen LogP contribution in [0.15, 0.2) is 48.5 Å². The summed E-state index contributed by atoms with van der Waals surface area (Å²) in [6.45, 7) is 2.21. The number of aryl methyl sites for hydroxylation is 1. The van der Waals surface area contributed by atoms with E-state index in [9.17, 15) is 4.79 Å². The molecule has 1 N–H and O–H groups in total. The quantitative estimate of drug-likeness (QED) is 0.880. The van der Waals surface area contributed by atoms with Gasteiger partial charge in [-0.1, -0.05) is 41.6 Å². The first kappa shape index (κ1) is 15.9. The van der Waals surface area contributed by atoms with E-state index in [0.717, 1.165) is 11.1 Å². The van der Waals surface area contributed by atoms with Gasteiger partial charge in [-0.25, -0.2) is 0 Å². The smallest absolute Gasteiger partial charge is 0.258 e. The Balaban J connectivity index is 1.74. The molecule has 3 nitrogen and oxygen atoms in total. The van der Waals surface area contributed by atoms with Gasteiger partial charge in [0, 0.05) is 10.6 Å². The average molecular weight is 314 g/mol.